The molecule has 0 aliphatic carbocycles. The van der Waals surface area contributed by atoms with Crippen molar-refractivity contribution in [2.75, 3.05) is 23.8 Å². The summed E-state index contributed by atoms with van der Waals surface area (Å²) in [5.41, 5.74) is 2.49. The fraction of sp³-hybridized carbons (Fsp3) is 0.286. The molecule has 1 amide bonds. The number of fused-ring (bicyclic) bond motifs is 1. The second kappa shape index (κ2) is 10.1. The van der Waals surface area contributed by atoms with Crippen molar-refractivity contribution < 1.29 is 28.2 Å². The van der Waals surface area contributed by atoms with Crippen LogP contribution in [0.2, 0.25) is 0 Å². The minimum Gasteiger partial charge on any atom is -0.477 e. The second-order valence-electron chi connectivity index (χ2n) is 7.95. The Hall–Kier alpha value is -3.66. The number of anilines is 3. The van der Waals surface area contributed by atoms with E-state index in [1.807, 2.05) is 0 Å². The average molecular weight is 534 g/mol. The van der Waals surface area contributed by atoms with Crippen molar-refractivity contribution in [3.63, 3.8) is 0 Å². The number of nitrogens with two attached hydrogens (primary N) is 1. The normalized spacial score (nSPS) is 13.2. The van der Waals surface area contributed by atoms with Crippen molar-refractivity contribution in [3.05, 3.63) is 51.7 Å². The van der Waals surface area contributed by atoms with E-state index in [2.05, 4.69) is 25.6 Å². The highest BCUT2D eigenvalue weighted by atomic mass is 32.2. The summed E-state index contributed by atoms with van der Waals surface area (Å²) in [6, 6.07) is 6.04. The number of hydrogen-bond donors (Lipinski definition) is 5. The molecule has 6 N–H and O–H groups in total. The Morgan fingerprint density at radius 1 is 1.19 bits per heavy atom. The standard InChI is InChI=1S/C21H23N7O6S2/c1-11-17(19(31)32)35-21(24-11)27-20-25-15-6-7-28(16(30)10-29)9-14(15)18(26-20)23-8-12-2-4-13(5-3-12)36(22,33)34/h2-5,29H,6-10H2,1H3,(H,31,32)(H2,22,33,34)(H2,23,24,25,26,27). The number of aliphatic hydroxyl groups excluding tert-OH is 1. The molecule has 0 unspecified atom stereocenters. The van der Waals surface area contributed by atoms with Crippen LogP contribution in [0.25, 0.3) is 0 Å². The molecule has 0 fully saturated rings. The van der Waals surface area contributed by atoms with Crippen LogP contribution in [0, 0.1) is 6.92 Å². The number of carbonyl (C=O) groups is 2. The number of hydrogen-bond acceptors (Lipinski definition) is 11. The maximum atomic E-state index is 12.1. The van der Waals surface area contributed by atoms with Crippen LogP contribution in [-0.2, 0) is 34.3 Å². The molecule has 3 aromatic rings. The number of carboxylic acids is 1. The molecule has 0 saturated heterocycles. The van der Waals surface area contributed by atoms with Crippen LogP contribution in [0.5, 0.6) is 0 Å². The van der Waals surface area contributed by atoms with Crippen molar-refractivity contribution >= 4 is 50.1 Å². The van der Waals surface area contributed by atoms with Gasteiger partial charge in [0.15, 0.2) is 5.13 Å². The predicted molar refractivity (Wildman–Crippen MR) is 130 cm³/mol. The van der Waals surface area contributed by atoms with Crippen LogP contribution < -0.4 is 15.8 Å². The number of aromatic carboxylic acids is 1. The number of rotatable bonds is 8. The third-order valence-corrected chi connectivity index (χ3v) is 7.46. The number of sulfonamides is 1. The first-order valence-electron chi connectivity index (χ1n) is 10.7. The molecule has 15 heteroatoms. The number of amides is 1. The Labute approximate surface area is 210 Å². The van der Waals surface area contributed by atoms with Gasteiger partial charge in [-0.2, -0.15) is 4.98 Å². The van der Waals surface area contributed by atoms with E-state index in [-0.39, 0.29) is 28.8 Å². The number of benzene rings is 1. The summed E-state index contributed by atoms with van der Waals surface area (Å²) in [5.74, 6) is -0.852. The van der Waals surface area contributed by atoms with Crippen LogP contribution >= 0.6 is 11.3 Å². The highest BCUT2D eigenvalue weighted by Crippen LogP contribution is 2.29. The van der Waals surface area contributed by atoms with E-state index in [9.17, 15) is 28.2 Å². The number of primary sulfonamides is 1. The van der Waals surface area contributed by atoms with Crippen molar-refractivity contribution in [2.24, 2.45) is 5.14 Å². The summed E-state index contributed by atoms with van der Waals surface area (Å²) in [5, 5.41) is 30.2. The zero-order chi connectivity index (χ0) is 26.0. The maximum absolute atomic E-state index is 12.1. The number of aliphatic hydroxyl groups is 1. The monoisotopic (exact) mass is 533 g/mol. The van der Waals surface area contributed by atoms with Crippen LogP contribution in [0.4, 0.5) is 16.9 Å². The Balaban J connectivity index is 1.63. The topological polar surface area (TPSA) is 201 Å². The molecule has 13 nitrogen and oxygen atoms in total. The molecule has 0 spiro atoms. The van der Waals surface area contributed by atoms with E-state index in [1.165, 1.54) is 17.0 Å². The zero-order valence-corrected chi connectivity index (χ0v) is 20.7. The molecule has 0 saturated carbocycles. The molecular weight excluding hydrogens is 510 g/mol. The van der Waals surface area contributed by atoms with Gasteiger partial charge in [-0.1, -0.05) is 23.5 Å². The third-order valence-electron chi connectivity index (χ3n) is 5.47. The molecule has 4 rings (SSSR count). The van der Waals surface area contributed by atoms with Gasteiger partial charge in [0.05, 0.1) is 22.8 Å². The van der Waals surface area contributed by atoms with Crippen LogP contribution in [0.15, 0.2) is 29.2 Å². The minimum atomic E-state index is -3.81. The van der Waals surface area contributed by atoms with Crippen LogP contribution in [-0.4, -0.2) is 63.5 Å². The molecule has 0 bridgehead atoms. The summed E-state index contributed by atoms with van der Waals surface area (Å²) >= 11 is 0.964. The third kappa shape index (κ3) is 5.59. The molecule has 36 heavy (non-hydrogen) atoms. The second-order valence-corrected chi connectivity index (χ2v) is 10.5. The molecule has 1 aromatic carbocycles. The number of carbonyl (C=O) groups excluding carboxylic acids is 1. The molecule has 190 valence electrons. The number of nitrogens with zero attached hydrogens (tertiary/aromatic N) is 4. The number of nitrogens with one attached hydrogen (secondary N) is 2. The smallest absolute Gasteiger partial charge is 0.347 e. The molecule has 0 radical (unpaired) electrons. The first-order chi connectivity index (χ1) is 17.0. The lowest BCUT2D eigenvalue weighted by Crippen LogP contribution is -2.38. The highest BCUT2D eigenvalue weighted by Gasteiger charge is 2.26. The molecule has 1 aliphatic heterocycles. The number of carboxylic acid groups (broad SMARTS) is 1. The molecule has 1 aliphatic rings. The van der Waals surface area contributed by atoms with E-state index in [1.54, 1.807) is 19.1 Å². The average Bonchev–Trinajstić information content (AvgIpc) is 3.21. The van der Waals surface area contributed by atoms with Crippen molar-refractivity contribution in [1.29, 1.82) is 0 Å². The van der Waals surface area contributed by atoms with Crippen LogP contribution in [0.1, 0.15) is 32.2 Å². The van der Waals surface area contributed by atoms with E-state index in [4.69, 9.17) is 5.14 Å². The largest absolute Gasteiger partial charge is 0.477 e. The van der Waals surface area contributed by atoms with Gasteiger partial charge in [0, 0.05) is 25.1 Å². The van der Waals surface area contributed by atoms with Crippen LogP contribution in [0.3, 0.4) is 0 Å². The van der Waals surface area contributed by atoms with Gasteiger partial charge < -0.3 is 20.4 Å². The minimum absolute atomic E-state index is 0.00483. The van der Waals surface area contributed by atoms with Gasteiger partial charge in [-0.3, -0.25) is 10.1 Å². The van der Waals surface area contributed by atoms with Crippen molar-refractivity contribution in [1.82, 2.24) is 19.9 Å². The fourth-order valence-corrected chi connectivity index (χ4v) is 4.97. The molecule has 2 aromatic heterocycles. The van der Waals surface area contributed by atoms with Gasteiger partial charge in [0.1, 0.15) is 17.3 Å². The first kappa shape index (κ1) is 25.4. The SMILES string of the molecule is Cc1nc(Nc2nc3c(c(NCc4ccc(S(N)(=O)=O)cc4)n2)CN(C(=O)CO)CC3)sc1C(=O)O. The van der Waals surface area contributed by atoms with E-state index < -0.39 is 28.5 Å². The van der Waals surface area contributed by atoms with Gasteiger partial charge >= 0.3 is 5.97 Å². The van der Waals surface area contributed by atoms with E-state index in [0.717, 1.165) is 16.9 Å². The van der Waals surface area contributed by atoms with Gasteiger partial charge in [-0.05, 0) is 24.6 Å². The fourth-order valence-electron chi connectivity index (χ4n) is 3.66. The van der Waals surface area contributed by atoms with Gasteiger partial charge in [-0.15, -0.1) is 0 Å². The number of aryl methyl sites for hydroxylation is 1. The number of thiazole rings is 1. The summed E-state index contributed by atoms with van der Waals surface area (Å²) < 4.78 is 23.0. The quantitative estimate of drug-likeness (QED) is 0.274. The Morgan fingerprint density at radius 2 is 1.92 bits per heavy atom. The number of aromatic nitrogens is 3. The Morgan fingerprint density at radius 3 is 2.53 bits per heavy atom. The summed E-state index contributed by atoms with van der Waals surface area (Å²) in [7, 11) is -3.81. The lowest BCUT2D eigenvalue weighted by molar-refractivity contribution is -0.135. The van der Waals surface area contributed by atoms with Gasteiger partial charge in [0.25, 0.3) is 0 Å². The highest BCUT2D eigenvalue weighted by molar-refractivity contribution is 7.89. The Kier molecular flexibility index (Phi) is 7.16. The van der Waals surface area contributed by atoms with Crippen molar-refractivity contribution in [3.8, 4) is 0 Å². The van der Waals surface area contributed by atoms with Gasteiger partial charge in [0.2, 0.25) is 21.9 Å². The van der Waals surface area contributed by atoms with Crippen molar-refractivity contribution in [2.45, 2.75) is 31.3 Å². The molecule has 0 atom stereocenters. The molecular formula is C21H23N7O6S2. The van der Waals surface area contributed by atoms with E-state index in [0.29, 0.717) is 40.9 Å². The zero-order valence-electron chi connectivity index (χ0n) is 19.1. The first-order valence-corrected chi connectivity index (χ1v) is 13.0. The Bertz CT molecular complexity index is 1420. The molecule has 3 heterocycles. The lowest BCUT2D eigenvalue weighted by atomic mass is 10.1. The summed E-state index contributed by atoms with van der Waals surface area (Å²) in [6.45, 7) is 1.84. The lowest BCUT2D eigenvalue weighted by Gasteiger charge is -2.29. The van der Waals surface area contributed by atoms with Gasteiger partial charge in [-0.25, -0.2) is 28.3 Å². The summed E-state index contributed by atoms with van der Waals surface area (Å²) in [4.78, 5) is 38.3. The van der Waals surface area contributed by atoms with E-state index >= 15 is 0 Å². The summed E-state index contributed by atoms with van der Waals surface area (Å²) in [6.07, 6.45) is 0.424. The maximum Gasteiger partial charge on any atom is 0.347 e. The predicted octanol–water partition coefficient (Wildman–Crippen LogP) is 0.820.